The number of benzene rings is 1. The smallest absolute Gasteiger partial charge is 0.123 e. The lowest BCUT2D eigenvalue weighted by molar-refractivity contribution is 0.628. The first-order valence-electron chi connectivity index (χ1n) is 4.67. The average Bonchev–Trinajstić information content (AvgIpc) is 2.30. The summed E-state index contributed by atoms with van der Waals surface area (Å²) in [5, 5.41) is 0.518. The maximum Gasteiger partial charge on any atom is 0.123 e. The van der Waals surface area contributed by atoms with Gasteiger partial charge in [0.1, 0.15) is 5.82 Å². The lowest BCUT2D eigenvalue weighted by atomic mass is 10.1. The molecule has 0 aliphatic rings. The normalized spacial score (nSPS) is 10.4. The van der Waals surface area contributed by atoms with Gasteiger partial charge in [-0.25, -0.2) is 4.39 Å². The van der Waals surface area contributed by atoms with Crippen molar-refractivity contribution in [2.45, 2.75) is 5.88 Å². The minimum Gasteiger partial charge on any atom is -0.254 e. The highest BCUT2D eigenvalue weighted by Crippen LogP contribution is 2.26. The third-order valence-corrected chi connectivity index (χ3v) is 2.77. The SMILES string of the molecule is Fc1ccc(-c2ncc(CCl)cc2Cl)cc1. The summed E-state index contributed by atoms with van der Waals surface area (Å²) in [7, 11) is 0. The predicted molar refractivity (Wildman–Crippen MR) is 64.2 cm³/mol. The van der Waals surface area contributed by atoms with Crippen LogP contribution in [0.4, 0.5) is 4.39 Å². The van der Waals surface area contributed by atoms with Gasteiger partial charge in [-0.15, -0.1) is 11.6 Å². The van der Waals surface area contributed by atoms with Crippen LogP contribution in [0.3, 0.4) is 0 Å². The highest BCUT2D eigenvalue weighted by molar-refractivity contribution is 6.33. The summed E-state index contributed by atoms with van der Waals surface area (Å²) >= 11 is 11.7. The molecule has 1 nitrogen and oxygen atoms in total. The second kappa shape index (κ2) is 4.81. The second-order valence-electron chi connectivity index (χ2n) is 3.31. The first kappa shape index (κ1) is 11.4. The lowest BCUT2D eigenvalue weighted by Crippen LogP contribution is -1.88. The van der Waals surface area contributed by atoms with E-state index in [4.69, 9.17) is 23.2 Å². The van der Waals surface area contributed by atoms with Crippen LogP contribution in [-0.2, 0) is 5.88 Å². The van der Waals surface area contributed by atoms with E-state index in [1.807, 2.05) is 0 Å². The summed E-state index contributed by atoms with van der Waals surface area (Å²) in [6.07, 6.45) is 1.66. The van der Waals surface area contributed by atoms with E-state index in [-0.39, 0.29) is 5.82 Å². The van der Waals surface area contributed by atoms with Crippen molar-refractivity contribution < 1.29 is 4.39 Å². The molecule has 0 radical (unpaired) electrons. The summed E-state index contributed by atoms with van der Waals surface area (Å²) < 4.78 is 12.8. The molecule has 0 atom stereocenters. The van der Waals surface area contributed by atoms with E-state index in [0.717, 1.165) is 11.1 Å². The Kier molecular flexibility index (Phi) is 3.42. The quantitative estimate of drug-likeness (QED) is 0.731. The van der Waals surface area contributed by atoms with Crippen molar-refractivity contribution >= 4 is 23.2 Å². The number of pyridine rings is 1. The van der Waals surface area contributed by atoms with Gasteiger partial charge >= 0.3 is 0 Å². The zero-order chi connectivity index (χ0) is 11.5. The van der Waals surface area contributed by atoms with Gasteiger partial charge in [0.25, 0.3) is 0 Å². The molecule has 0 amide bonds. The third-order valence-electron chi connectivity index (χ3n) is 2.17. The average molecular weight is 256 g/mol. The molecule has 0 aliphatic carbocycles. The number of aromatic nitrogens is 1. The molecular weight excluding hydrogens is 248 g/mol. The van der Waals surface area contributed by atoms with Crippen LogP contribution in [0.25, 0.3) is 11.3 Å². The summed E-state index contributed by atoms with van der Waals surface area (Å²) in [5.41, 5.74) is 2.28. The van der Waals surface area contributed by atoms with Gasteiger partial charge in [0, 0.05) is 17.6 Å². The topological polar surface area (TPSA) is 12.9 Å². The van der Waals surface area contributed by atoms with Gasteiger partial charge in [-0.05, 0) is 35.9 Å². The molecule has 0 fully saturated rings. The van der Waals surface area contributed by atoms with Crippen molar-refractivity contribution in [3.05, 3.63) is 52.9 Å². The van der Waals surface area contributed by atoms with Gasteiger partial charge in [-0.3, -0.25) is 4.98 Å². The van der Waals surface area contributed by atoms with Crippen molar-refractivity contribution in [2.75, 3.05) is 0 Å². The van der Waals surface area contributed by atoms with Crippen LogP contribution in [0.2, 0.25) is 5.02 Å². The Labute approximate surface area is 103 Å². The summed E-state index contributed by atoms with van der Waals surface area (Å²) in [5.74, 6) is 0.0911. The fraction of sp³-hybridized carbons (Fsp3) is 0.0833. The molecule has 0 unspecified atom stereocenters. The third kappa shape index (κ3) is 2.34. The number of hydrogen-bond donors (Lipinski definition) is 0. The molecule has 1 aromatic carbocycles. The molecule has 16 heavy (non-hydrogen) atoms. The van der Waals surface area contributed by atoms with Crippen molar-refractivity contribution in [3.8, 4) is 11.3 Å². The monoisotopic (exact) mass is 255 g/mol. The van der Waals surface area contributed by atoms with E-state index >= 15 is 0 Å². The minimum absolute atomic E-state index is 0.280. The fourth-order valence-electron chi connectivity index (χ4n) is 1.37. The van der Waals surface area contributed by atoms with Crippen LogP contribution < -0.4 is 0 Å². The highest BCUT2D eigenvalue weighted by Gasteiger charge is 2.06. The summed E-state index contributed by atoms with van der Waals surface area (Å²) in [6.45, 7) is 0. The lowest BCUT2D eigenvalue weighted by Gasteiger charge is -2.04. The van der Waals surface area contributed by atoms with Crippen LogP contribution in [0.1, 0.15) is 5.56 Å². The zero-order valence-electron chi connectivity index (χ0n) is 8.25. The molecule has 0 saturated carbocycles. The second-order valence-corrected chi connectivity index (χ2v) is 3.99. The van der Waals surface area contributed by atoms with Crippen LogP contribution in [-0.4, -0.2) is 4.98 Å². The van der Waals surface area contributed by atoms with Crippen molar-refractivity contribution in [1.82, 2.24) is 4.98 Å². The molecule has 2 rings (SSSR count). The number of halogens is 3. The molecule has 0 spiro atoms. The van der Waals surface area contributed by atoms with E-state index in [2.05, 4.69) is 4.98 Å². The van der Waals surface area contributed by atoms with E-state index in [0.29, 0.717) is 16.6 Å². The van der Waals surface area contributed by atoms with E-state index in [1.54, 1.807) is 24.4 Å². The molecule has 1 aromatic heterocycles. The highest BCUT2D eigenvalue weighted by atomic mass is 35.5. The Bertz CT molecular complexity index is 497. The number of nitrogens with zero attached hydrogens (tertiary/aromatic N) is 1. The van der Waals surface area contributed by atoms with Gasteiger partial charge in [-0.1, -0.05) is 11.6 Å². The Hall–Kier alpha value is -1.12. The largest absolute Gasteiger partial charge is 0.254 e. The van der Waals surface area contributed by atoms with Gasteiger partial charge in [-0.2, -0.15) is 0 Å². The van der Waals surface area contributed by atoms with Crippen LogP contribution in [0, 0.1) is 5.82 Å². The van der Waals surface area contributed by atoms with Gasteiger partial charge in [0.15, 0.2) is 0 Å². The summed E-state index contributed by atoms with van der Waals surface area (Å²) in [6, 6.07) is 7.81. The Morgan fingerprint density at radius 1 is 1.19 bits per heavy atom. The molecule has 82 valence electrons. The standard InChI is InChI=1S/C12H8Cl2FN/c13-6-8-5-11(14)12(16-7-8)9-1-3-10(15)4-2-9/h1-5,7H,6H2. The Morgan fingerprint density at radius 3 is 2.44 bits per heavy atom. The van der Waals surface area contributed by atoms with Gasteiger partial charge < -0.3 is 0 Å². The molecule has 0 bridgehead atoms. The van der Waals surface area contributed by atoms with Gasteiger partial charge in [0.05, 0.1) is 10.7 Å². The first-order valence-corrected chi connectivity index (χ1v) is 5.58. The van der Waals surface area contributed by atoms with Gasteiger partial charge in [0.2, 0.25) is 0 Å². The number of alkyl halides is 1. The Morgan fingerprint density at radius 2 is 1.88 bits per heavy atom. The molecular formula is C12H8Cl2FN. The van der Waals surface area contributed by atoms with Crippen molar-refractivity contribution in [3.63, 3.8) is 0 Å². The molecule has 0 N–H and O–H groups in total. The molecule has 1 heterocycles. The van der Waals surface area contributed by atoms with Crippen LogP contribution in [0.15, 0.2) is 36.5 Å². The molecule has 2 aromatic rings. The van der Waals surface area contributed by atoms with E-state index < -0.39 is 0 Å². The number of hydrogen-bond acceptors (Lipinski definition) is 1. The fourth-order valence-corrected chi connectivity index (χ4v) is 1.81. The molecule has 4 heteroatoms. The van der Waals surface area contributed by atoms with E-state index in [9.17, 15) is 4.39 Å². The van der Waals surface area contributed by atoms with Crippen LogP contribution >= 0.6 is 23.2 Å². The number of rotatable bonds is 2. The Balaban J connectivity index is 2.44. The maximum absolute atomic E-state index is 12.8. The minimum atomic E-state index is -0.280. The van der Waals surface area contributed by atoms with Crippen LogP contribution in [0.5, 0.6) is 0 Å². The predicted octanol–water partition coefficient (Wildman–Crippen LogP) is 4.28. The van der Waals surface area contributed by atoms with E-state index in [1.165, 1.54) is 12.1 Å². The summed E-state index contributed by atoms with van der Waals surface area (Å²) in [4.78, 5) is 4.21. The maximum atomic E-state index is 12.8. The van der Waals surface area contributed by atoms with Crippen molar-refractivity contribution in [1.29, 1.82) is 0 Å². The first-order chi connectivity index (χ1) is 7.70. The van der Waals surface area contributed by atoms with Crippen molar-refractivity contribution in [2.24, 2.45) is 0 Å². The zero-order valence-corrected chi connectivity index (χ0v) is 9.76. The molecule has 0 aliphatic heterocycles. The molecule has 0 saturated heterocycles.